The van der Waals surface area contributed by atoms with Gasteiger partial charge >= 0.3 is 0 Å². The first kappa shape index (κ1) is 13.2. The minimum absolute atomic E-state index is 0.328. The zero-order chi connectivity index (χ0) is 12.3. The molecule has 94 valence electrons. The van der Waals surface area contributed by atoms with Crippen LogP contribution in [0.15, 0.2) is 22.7 Å². The zero-order valence-electron chi connectivity index (χ0n) is 9.59. The molecule has 0 aliphatic heterocycles. The normalized spacial score (nSPS) is 19.0. The maximum atomic E-state index is 10.3. The molecule has 0 atom stereocenters. The van der Waals surface area contributed by atoms with Crippen molar-refractivity contribution in [2.75, 3.05) is 6.61 Å². The predicted octanol–water partition coefficient (Wildman–Crippen LogP) is 4.18. The van der Waals surface area contributed by atoms with Gasteiger partial charge in [0.05, 0.1) is 10.6 Å². The summed E-state index contributed by atoms with van der Waals surface area (Å²) < 4.78 is 6.55. The van der Waals surface area contributed by atoms with Gasteiger partial charge in [-0.1, -0.05) is 46.8 Å². The summed E-state index contributed by atoms with van der Waals surface area (Å²) in [5, 5.41) is 10.9. The van der Waals surface area contributed by atoms with Crippen LogP contribution in [0, 0.1) is 0 Å². The van der Waals surface area contributed by atoms with Gasteiger partial charge in [0.1, 0.15) is 12.4 Å². The van der Waals surface area contributed by atoms with Gasteiger partial charge in [-0.25, -0.2) is 0 Å². The Balaban J connectivity index is 1.97. The lowest BCUT2D eigenvalue weighted by molar-refractivity contribution is -0.0338. The van der Waals surface area contributed by atoms with Crippen molar-refractivity contribution < 1.29 is 9.84 Å². The fraction of sp³-hybridized carbons (Fsp3) is 0.538. The second-order valence-corrected chi connectivity index (χ2v) is 5.97. The maximum absolute atomic E-state index is 10.3. The molecule has 2 rings (SSSR count). The highest BCUT2D eigenvalue weighted by Gasteiger charge is 2.30. The molecule has 0 saturated heterocycles. The highest BCUT2D eigenvalue weighted by Crippen LogP contribution is 2.32. The van der Waals surface area contributed by atoms with Gasteiger partial charge in [0.15, 0.2) is 0 Å². The number of aliphatic hydroxyl groups is 1. The molecule has 0 radical (unpaired) electrons. The van der Waals surface area contributed by atoms with E-state index in [2.05, 4.69) is 15.9 Å². The second kappa shape index (κ2) is 5.59. The molecule has 1 aromatic rings. The van der Waals surface area contributed by atoms with Crippen LogP contribution in [0.4, 0.5) is 0 Å². The van der Waals surface area contributed by atoms with Crippen LogP contribution in [-0.2, 0) is 0 Å². The molecule has 1 aliphatic carbocycles. The summed E-state index contributed by atoms with van der Waals surface area (Å²) in [7, 11) is 0. The van der Waals surface area contributed by atoms with Crippen LogP contribution in [0.3, 0.4) is 0 Å². The number of benzene rings is 1. The van der Waals surface area contributed by atoms with E-state index in [-0.39, 0.29) is 0 Å². The highest BCUT2D eigenvalue weighted by molar-refractivity contribution is 9.10. The summed E-state index contributed by atoms with van der Waals surface area (Å²) >= 11 is 9.40. The molecule has 1 N–H and O–H groups in total. The van der Waals surface area contributed by atoms with Gasteiger partial charge in [0.2, 0.25) is 0 Å². The summed E-state index contributed by atoms with van der Waals surface area (Å²) in [5.74, 6) is 0.633. The number of hydrogen-bond acceptors (Lipinski definition) is 2. The van der Waals surface area contributed by atoms with E-state index < -0.39 is 5.60 Å². The predicted molar refractivity (Wildman–Crippen MR) is 72.7 cm³/mol. The third-order valence-corrected chi connectivity index (χ3v) is 3.96. The Labute approximate surface area is 115 Å². The van der Waals surface area contributed by atoms with Crippen LogP contribution in [0.25, 0.3) is 0 Å². The van der Waals surface area contributed by atoms with Gasteiger partial charge in [0.25, 0.3) is 0 Å². The number of ether oxygens (including phenoxy) is 1. The molecule has 1 fully saturated rings. The van der Waals surface area contributed by atoms with Crippen molar-refractivity contribution in [3.8, 4) is 5.75 Å². The SMILES string of the molecule is OC1(COc2ccc(Br)cc2Cl)CCCCC1. The standard InChI is InChI=1S/C13H16BrClO2/c14-10-4-5-12(11(15)8-10)17-9-13(16)6-2-1-3-7-13/h4-5,8,16H,1-3,6-7,9H2. The fourth-order valence-electron chi connectivity index (χ4n) is 2.16. The zero-order valence-corrected chi connectivity index (χ0v) is 11.9. The molecular formula is C13H16BrClO2. The van der Waals surface area contributed by atoms with Crippen molar-refractivity contribution in [2.45, 2.75) is 37.7 Å². The van der Waals surface area contributed by atoms with Crippen molar-refractivity contribution in [1.29, 1.82) is 0 Å². The molecule has 2 nitrogen and oxygen atoms in total. The lowest BCUT2D eigenvalue weighted by Crippen LogP contribution is -2.37. The van der Waals surface area contributed by atoms with E-state index in [0.717, 1.165) is 30.2 Å². The average molecular weight is 320 g/mol. The third kappa shape index (κ3) is 3.60. The van der Waals surface area contributed by atoms with Gasteiger partial charge in [-0.3, -0.25) is 0 Å². The minimum Gasteiger partial charge on any atom is -0.489 e. The molecule has 0 spiro atoms. The molecule has 0 amide bonds. The lowest BCUT2D eigenvalue weighted by atomic mass is 9.85. The van der Waals surface area contributed by atoms with Crippen molar-refractivity contribution in [3.05, 3.63) is 27.7 Å². The average Bonchev–Trinajstić information content (AvgIpc) is 2.29. The third-order valence-electron chi connectivity index (χ3n) is 3.17. The van der Waals surface area contributed by atoms with Crippen molar-refractivity contribution in [2.24, 2.45) is 0 Å². The van der Waals surface area contributed by atoms with Crippen LogP contribution >= 0.6 is 27.5 Å². The van der Waals surface area contributed by atoms with Gasteiger partial charge in [-0.15, -0.1) is 0 Å². The molecule has 4 heteroatoms. The minimum atomic E-state index is -0.672. The largest absolute Gasteiger partial charge is 0.489 e. The van der Waals surface area contributed by atoms with Crippen LogP contribution < -0.4 is 4.74 Å². The molecule has 1 saturated carbocycles. The summed E-state index contributed by atoms with van der Waals surface area (Å²) in [6.45, 7) is 0.328. The van der Waals surface area contributed by atoms with Gasteiger partial charge in [-0.2, -0.15) is 0 Å². The molecule has 0 heterocycles. The summed E-state index contributed by atoms with van der Waals surface area (Å²) in [6.07, 6.45) is 5.01. The van der Waals surface area contributed by atoms with Crippen molar-refractivity contribution >= 4 is 27.5 Å². The number of rotatable bonds is 3. The lowest BCUT2D eigenvalue weighted by Gasteiger charge is -2.31. The van der Waals surface area contributed by atoms with Crippen molar-refractivity contribution in [3.63, 3.8) is 0 Å². The van der Waals surface area contributed by atoms with Crippen LogP contribution in [0.5, 0.6) is 5.75 Å². The maximum Gasteiger partial charge on any atom is 0.138 e. The Kier molecular flexibility index (Phi) is 4.34. The van der Waals surface area contributed by atoms with Crippen LogP contribution in [-0.4, -0.2) is 17.3 Å². The molecular weight excluding hydrogens is 303 g/mol. The summed E-state index contributed by atoms with van der Waals surface area (Å²) in [6, 6.07) is 5.49. The van der Waals surface area contributed by atoms with E-state index >= 15 is 0 Å². The fourth-order valence-corrected chi connectivity index (χ4v) is 2.89. The Morgan fingerprint density at radius 1 is 1.29 bits per heavy atom. The van der Waals surface area contributed by atoms with E-state index in [9.17, 15) is 5.11 Å². The Morgan fingerprint density at radius 3 is 2.65 bits per heavy atom. The summed E-state index contributed by atoms with van der Waals surface area (Å²) in [4.78, 5) is 0. The topological polar surface area (TPSA) is 29.5 Å². The summed E-state index contributed by atoms with van der Waals surface area (Å²) in [5.41, 5.74) is -0.672. The second-order valence-electron chi connectivity index (χ2n) is 4.65. The van der Waals surface area contributed by atoms with Gasteiger partial charge in [-0.05, 0) is 31.0 Å². The van der Waals surface area contributed by atoms with E-state index in [4.69, 9.17) is 16.3 Å². The molecule has 17 heavy (non-hydrogen) atoms. The quantitative estimate of drug-likeness (QED) is 0.906. The van der Waals surface area contributed by atoms with Gasteiger partial charge in [0, 0.05) is 4.47 Å². The van der Waals surface area contributed by atoms with Gasteiger partial charge < -0.3 is 9.84 Å². The first-order chi connectivity index (χ1) is 8.09. The monoisotopic (exact) mass is 318 g/mol. The number of halogens is 2. The van der Waals surface area contributed by atoms with E-state index in [1.165, 1.54) is 6.42 Å². The smallest absolute Gasteiger partial charge is 0.138 e. The Bertz CT molecular complexity index is 389. The van der Waals surface area contributed by atoms with Crippen LogP contribution in [0.1, 0.15) is 32.1 Å². The molecule has 0 bridgehead atoms. The molecule has 0 unspecified atom stereocenters. The number of hydrogen-bond donors (Lipinski definition) is 1. The molecule has 0 aromatic heterocycles. The molecule has 1 aliphatic rings. The first-order valence-electron chi connectivity index (χ1n) is 5.89. The van der Waals surface area contributed by atoms with E-state index in [1.807, 2.05) is 12.1 Å². The first-order valence-corrected chi connectivity index (χ1v) is 7.06. The van der Waals surface area contributed by atoms with E-state index in [0.29, 0.717) is 17.4 Å². The highest BCUT2D eigenvalue weighted by atomic mass is 79.9. The van der Waals surface area contributed by atoms with Crippen molar-refractivity contribution in [1.82, 2.24) is 0 Å². The molecule has 1 aromatic carbocycles. The van der Waals surface area contributed by atoms with Crippen LogP contribution in [0.2, 0.25) is 5.02 Å². The Morgan fingerprint density at radius 2 is 2.00 bits per heavy atom. The Hall–Kier alpha value is -0.250. The van der Waals surface area contributed by atoms with E-state index in [1.54, 1.807) is 6.07 Å².